The SMILES string of the molecule is O=C(c1cc(Cc2n[nH]c(=O)c3ccccc23)ccc1C(F)(F)F)N1CCn2nc(F)nc2C1. The minimum Gasteiger partial charge on any atom is -0.329 e. The Morgan fingerprint density at radius 2 is 1.85 bits per heavy atom. The van der Waals surface area contributed by atoms with Gasteiger partial charge in [-0.05, 0) is 23.8 Å². The Bertz CT molecular complexity index is 1480. The number of alkyl halides is 3. The van der Waals surface area contributed by atoms with E-state index in [1.54, 1.807) is 24.3 Å². The Kier molecular flexibility index (Phi) is 5.14. The average molecular weight is 472 g/mol. The fourth-order valence-corrected chi connectivity index (χ4v) is 4.07. The summed E-state index contributed by atoms with van der Waals surface area (Å²) in [6.45, 7) is 0.0119. The van der Waals surface area contributed by atoms with Crippen molar-refractivity contribution in [2.24, 2.45) is 0 Å². The highest BCUT2D eigenvalue weighted by atomic mass is 19.4. The lowest BCUT2D eigenvalue weighted by atomic mass is 9.98. The van der Waals surface area contributed by atoms with Gasteiger partial charge in [0.2, 0.25) is 0 Å². The molecule has 1 amide bonds. The number of carbonyl (C=O) groups excluding carboxylic acids is 1. The number of hydrogen-bond donors (Lipinski definition) is 1. The van der Waals surface area contributed by atoms with Gasteiger partial charge in [0.15, 0.2) is 0 Å². The summed E-state index contributed by atoms with van der Waals surface area (Å²) >= 11 is 0. The van der Waals surface area contributed by atoms with E-state index in [4.69, 9.17) is 0 Å². The predicted molar refractivity (Wildman–Crippen MR) is 111 cm³/mol. The summed E-state index contributed by atoms with van der Waals surface area (Å²) < 4.78 is 55.8. The lowest BCUT2D eigenvalue weighted by molar-refractivity contribution is -0.138. The minimum absolute atomic E-state index is 0.0578. The van der Waals surface area contributed by atoms with Gasteiger partial charge in [-0.15, -0.1) is 5.10 Å². The van der Waals surface area contributed by atoms with Gasteiger partial charge in [-0.3, -0.25) is 9.59 Å². The van der Waals surface area contributed by atoms with Crippen LogP contribution in [0.1, 0.15) is 33.0 Å². The summed E-state index contributed by atoms with van der Waals surface area (Å²) in [5.74, 6) is -0.686. The van der Waals surface area contributed by atoms with E-state index in [9.17, 15) is 27.2 Å². The van der Waals surface area contributed by atoms with Crippen molar-refractivity contribution in [2.45, 2.75) is 25.7 Å². The van der Waals surface area contributed by atoms with E-state index in [0.29, 0.717) is 22.0 Å². The summed E-state index contributed by atoms with van der Waals surface area (Å²) in [5.41, 5.74) is -1.11. The van der Waals surface area contributed by atoms with Gasteiger partial charge in [0.05, 0.1) is 35.3 Å². The number of nitrogens with zero attached hydrogens (tertiary/aromatic N) is 5. The van der Waals surface area contributed by atoms with Gasteiger partial charge in [-0.25, -0.2) is 9.78 Å². The summed E-state index contributed by atoms with van der Waals surface area (Å²) in [6.07, 6.45) is -5.62. The molecule has 0 unspecified atom stereocenters. The van der Waals surface area contributed by atoms with Crippen LogP contribution in [0.4, 0.5) is 17.6 Å². The maximum absolute atomic E-state index is 13.7. The highest BCUT2D eigenvalue weighted by Gasteiger charge is 2.37. The second kappa shape index (κ2) is 8.04. The van der Waals surface area contributed by atoms with Crippen LogP contribution >= 0.6 is 0 Å². The van der Waals surface area contributed by atoms with Crippen LogP contribution in [0.2, 0.25) is 0 Å². The molecular weight excluding hydrogens is 456 g/mol. The number of benzene rings is 2. The van der Waals surface area contributed by atoms with Gasteiger partial charge >= 0.3 is 12.3 Å². The average Bonchev–Trinajstić information content (AvgIpc) is 3.19. The van der Waals surface area contributed by atoms with Crippen molar-refractivity contribution < 1.29 is 22.4 Å². The molecule has 2 aromatic heterocycles. The Hall–Kier alpha value is -4.09. The van der Waals surface area contributed by atoms with Crippen molar-refractivity contribution >= 4 is 16.7 Å². The summed E-state index contributed by atoms with van der Waals surface area (Å²) in [5, 5.41) is 11.0. The topological polar surface area (TPSA) is 96.8 Å². The molecule has 0 saturated carbocycles. The Balaban J connectivity index is 1.52. The molecule has 0 saturated heterocycles. The van der Waals surface area contributed by atoms with Gasteiger partial charge in [-0.1, -0.05) is 24.3 Å². The highest BCUT2D eigenvalue weighted by molar-refractivity contribution is 5.96. The van der Waals surface area contributed by atoms with Crippen LogP contribution in [0, 0.1) is 6.08 Å². The normalized spacial score (nSPS) is 13.8. The second-order valence-electron chi connectivity index (χ2n) is 7.85. The van der Waals surface area contributed by atoms with Gasteiger partial charge < -0.3 is 4.90 Å². The number of aromatic amines is 1. The predicted octanol–water partition coefficient (Wildman–Crippen LogP) is 2.92. The summed E-state index contributed by atoms with van der Waals surface area (Å²) in [4.78, 5) is 30.0. The smallest absolute Gasteiger partial charge is 0.329 e. The first-order chi connectivity index (χ1) is 16.2. The first-order valence-electron chi connectivity index (χ1n) is 10.3. The van der Waals surface area contributed by atoms with Crippen LogP contribution in [0.25, 0.3) is 10.8 Å². The summed E-state index contributed by atoms with van der Waals surface area (Å²) in [7, 11) is 0. The van der Waals surface area contributed by atoms with E-state index in [2.05, 4.69) is 20.3 Å². The van der Waals surface area contributed by atoms with Gasteiger partial charge in [0.25, 0.3) is 11.5 Å². The molecule has 174 valence electrons. The molecule has 34 heavy (non-hydrogen) atoms. The number of aromatic nitrogens is 5. The zero-order chi connectivity index (χ0) is 24.0. The molecule has 0 spiro atoms. The molecule has 3 heterocycles. The lowest BCUT2D eigenvalue weighted by Gasteiger charge is -2.28. The first kappa shape index (κ1) is 21.7. The number of H-pyrrole nitrogens is 1. The molecule has 4 aromatic rings. The third-order valence-corrected chi connectivity index (χ3v) is 5.69. The quantitative estimate of drug-likeness (QED) is 0.463. The molecule has 0 radical (unpaired) electrons. The van der Waals surface area contributed by atoms with Gasteiger partial charge in [0.1, 0.15) is 5.82 Å². The fraction of sp³-hybridized carbons (Fsp3) is 0.227. The molecule has 1 aliphatic heterocycles. The van der Waals surface area contributed by atoms with E-state index in [1.807, 2.05) is 0 Å². The number of rotatable bonds is 3. The number of amides is 1. The van der Waals surface area contributed by atoms with Crippen molar-refractivity contribution in [3.8, 4) is 0 Å². The number of fused-ring (bicyclic) bond motifs is 2. The molecule has 0 bridgehead atoms. The Labute approximate surface area is 188 Å². The van der Waals surface area contributed by atoms with E-state index < -0.39 is 29.3 Å². The number of carbonyl (C=O) groups is 1. The standard InChI is InChI=1S/C22H16F4N6O2/c23-21-27-18-11-31(7-8-32(18)30-21)20(34)15-9-12(5-6-16(15)22(24,25)26)10-17-13-3-1-2-4-14(13)19(33)29-28-17/h1-6,9H,7-8,10-11H2,(H,29,33). The molecule has 5 rings (SSSR count). The van der Waals surface area contributed by atoms with Crippen LogP contribution in [-0.4, -0.2) is 42.3 Å². The fourth-order valence-electron chi connectivity index (χ4n) is 4.07. The maximum Gasteiger partial charge on any atom is 0.417 e. The Morgan fingerprint density at radius 1 is 1.09 bits per heavy atom. The van der Waals surface area contributed by atoms with Crippen molar-refractivity contribution in [2.75, 3.05) is 6.54 Å². The van der Waals surface area contributed by atoms with Gasteiger partial charge in [-0.2, -0.15) is 27.6 Å². The van der Waals surface area contributed by atoms with Crippen LogP contribution in [0.15, 0.2) is 47.3 Å². The molecular formula is C22H16F4N6O2. The molecule has 1 aliphatic rings. The van der Waals surface area contributed by atoms with Gasteiger partial charge in [0, 0.05) is 18.4 Å². The lowest BCUT2D eigenvalue weighted by Crippen LogP contribution is -2.39. The number of hydrogen-bond acceptors (Lipinski definition) is 5. The van der Waals surface area contributed by atoms with Crippen molar-refractivity contribution in [1.29, 1.82) is 0 Å². The minimum atomic E-state index is -4.76. The molecule has 12 heteroatoms. The molecule has 0 fully saturated rings. The maximum atomic E-state index is 13.7. The first-order valence-corrected chi connectivity index (χ1v) is 10.3. The third-order valence-electron chi connectivity index (χ3n) is 5.69. The van der Waals surface area contributed by atoms with Crippen LogP contribution in [-0.2, 0) is 25.7 Å². The largest absolute Gasteiger partial charge is 0.417 e. The molecule has 8 nitrogen and oxygen atoms in total. The zero-order valence-electron chi connectivity index (χ0n) is 17.4. The van der Waals surface area contributed by atoms with Crippen LogP contribution in [0.3, 0.4) is 0 Å². The van der Waals surface area contributed by atoms with E-state index in [-0.39, 0.29) is 37.4 Å². The second-order valence-corrected chi connectivity index (χ2v) is 7.85. The van der Waals surface area contributed by atoms with E-state index in [0.717, 1.165) is 6.07 Å². The van der Waals surface area contributed by atoms with Crippen LogP contribution < -0.4 is 5.56 Å². The molecule has 1 N–H and O–H groups in total. The van der Waals surface area contributed by atoms with E-state index >= 15 is 0 Å². The monoisotopic (exact) mass is 472 g/mol. The third kappa shape index (κ3) is 3.91. The molecule has 0 atom stereocenters. The summed E-state index contributed by atoms with van der Waals surface area (Å²) in [6, 6.07) is 10.1. The number of nitrogens with one attached hydrogen (secondary N) is 1. The van der Waals surface area contributed by atoms with Crippen LogP contribution in [0.5, 0.6) is 0 Å². The zero-order valence-corrected chi connectivity index (χ0v) is 17.4. The molecule has 0 aliphatic carbocycles. The highest BCUT2D eigenvalue weighted by Crippen LogP contribution is 2.34. The van der Waals surface area contributed by atoms with Crippen molar-refractivity contribution in [3.05, 3.63) is 87.1 Å². The number of halogens is 4. The van der Waals surface area contributed by atoms with Crippen molar-refractivity contribution in [3.63, 3.8) is 0 Å². The Morgan fingerprint density at radius 3 is 2.62 bits per heavy atom. The van der Waals surface area contributed by atoms with E-state index in [1.165, 1.54) is 21.7 Å². The molecule has 2 aromatic carbocycles. The van der Waals surface area contributed by atoms with Crippen molar-refractivity contribution in [1.82, 2.24) is 29.9 Å².